The maximum atomic E-state index is 11.3. The van der Waals surface area contributed by atoms with E-state index in [1.165, 1.54) is 0 Å². The molecule has 31 heavy (non-hydrogen) atoms. The Morgan fingerprint density at radius 2 is 1.23 bits per heavy atom. The number of nitrogens with zero attached hydrogens (tertiary/aromatic N) is 2. The lowest BCUT2D eigenvalue weighted by molar-refractivity contribution is 0.111. The number of ether oxygens (including phenoxy) is 2. The monoisotopic (exact) mass is 412 g/mol. The van der Waals surface area contributed by atoms with Crippen molar-refractivity contribution in [2.45, 2.75) is 20.1 Å². The molecule has 0 aliphatic heterocycles. The highest BCUT2D eigenvalue weighted by Crippen LogP contribution is 2.22. The van der Waals surface area contributed by atoms with Crippen LogP contribution < -0.4 is 9.47 Å². The van der Waals surface area contributed by atoms with E-state index in [9.17, 15) is 9.59 Å². The summed E-state index contributed by atoms with van der Waals surface area (Å²) in [6, 6.07) is 19.9. The Bertz CT molecular complexity index is 1250. The number of fused-ring (bicyclic) bond motifs is 1. The van der Waals surface area contributed by atoms with Gasteiger partial charge in [-0.15, -0.1) is 0 Å². The van der Waals surface area contributed by atoms with Crippen molar-refractivity contribution in [1.29, 1.82) is 0 Å². The Kier molecular flexibility index (Phi) is 5.98. The zero-order valence-electron chi connectivity index (χ0n) is 16.9. The molecular formula is C25H20N2O4. The third-order valence-corrected chi connectivity index (χ3v) is 4.80. The van der Waals surface area contributed by atoms with Crippen molar-refractivity contribution in [3.05, 3.63) is 94.8 Å². The van der Waals surface area contributed by atoms with Crippen LogP contribution in [0.2, 0.25) is 0 Å². The summed E-state index contributed by atoms with van der Waals surface area (Å²) in [4.78, 5) is 32.0. The number of carbonyl (C=O) groups excluding carboxylic acids is 2. The molecule has 1 aromatic heterocycles. The number of para-hydroxylation sites is 2. The maximum absolute atomic E-state index is 11.3. The van der Waals surface area contributed by atoms with Crippen LogP contribution in [0.3, 0.4) is 0 Å². The van der Waals surface area contributed by atoms with E-state index in [1.807, 2.05) is 25.1 Å². The van der Waals surface area contributed by atoms with E-state index in [4.69, 9.17) is 19.4 Å². The smallest absolute Gasteiger partial charge is 0.153 e. The van der Waals surface area contributed by atoms with Crippen molar-refractivity contribution in [2.24, 2.45) is 0 Å². The summed E-state index contributed by atoms with van der Waals surface area (Å²) >= 11 is 0. The number of hydrogen-bond acceptors (Lipinski definition) is 6. The second-order valence-electron chi connectivity index (χ2n) is 7.00. The van der Waals surface area contributed by atoms with E-state index >= 15 is 0 Å². The molecule has 0 fully saturated rings. The van der Waals surface area contributed by atoms with Gasteiger partial charge in [0.05, 0.1) is 22.2 Å². The van der Waals surface area contributed by atoms with Gasteiger partial charge in [-0.25, -0.2) is 9.97 Å². The highest BCUT2D eigenvalue weighted by molar-refractivity contribution is 5.79. The van der Waals surface area contributed by atoms with Crippen molar-refractivity contribution in [1.82, 2.24) is 9.97 Å². The van der Waals surface area contributed by atoms with E-state index in [0.717, 1.165) is 29.2 Å². The maximum Gasteiger partial charge on any atom is 0.153 e. The number of aldehydes is 2. The molecule has 0 N–H and O–H groups in total. The fraction of sp³-hybridized carbons (Fsp3) is 0.120. The Balaban J connectivity index is 1.66. The number of rotatable bonds is 8. The first kappa shape index (κ1) is 20.2. The zero-order chi connectivity index (χ0) is 21.6. The van der Waals surface area contributed by atoms with Crippen molar-refractivity contribution in [3.8, 4) is 11.5 Å². The van der Waals surface area contributed by atoms with Crippen LogP contribution in [0.15, 0.2) is 66.7 Å². The largest absolute Gasteiger partial charge is 0.486 e. The number of hydrogen-bond donors (Lipinski definition) is 0. The quantitative estimate of drug-likeness (QED) is 0.390. The average molecular weight is 412 g/mol. The van der Waals surface area contributed by atoms with Crippen molar-refractivity contribution in [3.63, 3.8) is 0 Å². The normalized spacial score (nSPS) is 10.6. The lowest BCUT2D eigenvalue weighted by Gasteiger charge is -2.14. The van der Waals surface area contributed by atoms with Gasteiger partial charge in [-0.3, -0.25) is 9.59 Å². The minimum Gasteiger partial charge on any atom is -0.486 e. The van der Waals surface area contributed by atoms with Gasteiger partial charge in [-0.2, -0.15) is 0 Å². The van der Waals surface area contributed by atoms with Gasteiger partial charge in [0.2, 0.25) is 0 Å². The van der Waals surface area contributed by atoms with Gasteiger partial charge in [0, 0.05) is 0 Å². The highest BCUT2D eigenvalue weighted by atomic mass is 16.5. The molecule has 4 rings (SSSR count). The van der Waals surface area contributed by atoms with Crippen molar-refractivity contribution < 1.29 is 19.1 Å². The molecule has 0 aliphatic rings. The Labute approximate surface area is 179 Å². The number of aromatic nitrogens is 2. The summed E-state index contributed by atoms with van der Waals surface area (Å²) in [6.45, 7) is 2.23. The molecule has 6 heteroatoms. The van der Waals surface area contributed by atoms with Gasteiger partial charge in [0.15, 0.2) is 12.6 Å². The summed E-state index contributed by atoms with van der Waals surface area (Å²) in [5.74, 6) is 0.947. The molecule has 0 radical (unpaired) electrons. The summed E-state index contributed by atoms with van der Waals surface area (Å²) in [7, 11) is 0. The lowest BCUT2D eigenvalue weighted by Crippen LogP contribution is -2.10. The fourth-order valence-corrected chi connectivity index (χ4v) is 3.18. The second-order valence-corrected chi connectivity index (χ2v) is 7.00. The first-order valence-electron chi connectivity index (χ1n) is 9.78. The van der Waals surface area contributed by atoms with E-state index in [1.54, 1.807) is 48.5 Å². The van der Waals surface area contributed by atoms with E-state index < -0.39 is 0 Å². The molecule has 6 nitrogen and oxygen atoms in total. The molecule has 0 spiro atoms. The molecule has 154 valence electrons. The van der Waals surface area contributed by atoms with Crippen LogP contribution >= 0.6 is 0 Å². The molecule has 0 amide bonds. The molecule has 0 atom stereocenters. The topological polar surface area (TPSA) is 78.4 Å². The Hall–Kier alpha value is -4.06. The predicted molar refractivity (Wildman–Crippen MR) is 117 cm³/mol. The van der Waals surface area contributed by atoms with Gasteiger partial charge in [-0.1, -0.05) is 30.3 Å². The standard InChI is InChI=1S/C25H20N2O4/c1-17-10-11-20-21(12-17)27-23(16-31-25-9-5-3-7-19(25)14-29)22(26-20)15-30-24-8-4-2-6-18(24)13-28/h2-14H,15-16H2,1H3. The molecule has 1 heterocycles. The SMILES string of the molecule is Cc1ccc2nc(COc3ccccc3C=O)c(COc3ccccc3C=O)nc2c1. The zero-order valence-corrected chi connectivity index (χ0v) is 16.9. The third-order valence-electron chi connectivity index (χ3n) is 4.80. The molecule has 0 unspecified atom stereocenters. The Morgan fingerprint density at radius 1 is 0.710 bits per heavy atom. The molecule has 0 saturated carbocycles. The van der Waals surface area contributed by atoms with Crippen molar-refractivity contribution in [2.75, 3.05) is 0 Å². The van der Waals surface area contributed by atoms with Crippen LogP contribution in [-0.4, -0.2) is 22.5 Å². The first-order valence-corrected chi connectivity index (χ1v) is 9.78. The minimum absolute atomic E-state index is 0.121. The molecule has 0 saturated heterocycles. The summed E-state index contributed by atoms with van der Waals surface area (Å²) in [5.41, 5.74) is 4.69. The first-order chi connectivity index (χ1) is 15.2. The van der Waals surface area contributed by atoms with Crippen LogP contribution in [0.4, 0.5) is 0 Å². The second kappa shape index (κ2) is 9.17. The van der Waals surface area contributed by atoms with Crippen LogP contribution in [0, 0.1) is 6.92 Å². The van der Waals surface area contributed by atoms with Crippen LogP contribution in [-0.2, 0) is 13.2 Å². The Morgan fingerprint density at radius 3 is 1.77 bits per heavy atom. The van der Waals surface area contributed by atoms with Gasteiger partial charge in [-0.05, 0) is 48.9 Å². The van der Waals surface area contributed by atoms with Gasteiger partial charge < -0.3 is 9.47 Å². The van der Waals surface area contributed by atoms with E-state index in [-0.39, 0.29) is 13.2 Å². The van der Waals surface area contributed by atoms with E-state index in [0.29, 0.717) is 34.0 Å². The third kappa shape index (κ3) is 4.59. The molecular weight excluding hydrogens is 392 g/mol. The van der Waals surface area contributed by atoms with Crippen LogP contribution in [0.25, 0.3) is 11.0 Å². The van der Waals surface area contributed by atoms with Crippen LogP contribution in [0.5, 0.6) is 11.5 Å². The minimum atomic E-state index is 0.121. The molecule has 0 aliphatic carbocycles. The predicted octanol–water partition coefficient (Wildman–Crippen LogP) is 4.72. The van der Waals surface area contributed by atoms with Gasteiger partial charge in [0.1, 0.15) is 36.1 Å². The summed E-state index contributed by atoms with van der Waals surface area (Å²) in [5, 5.41) is 0. The van der Waals surface area contributed by atoms with Crippen LogP contribution in [0.1, 0.15) is 37.7 Å². The van der Waals surface area contributed by atoms with E-state index in [2.05, 4.69) is 0 Å². The molecule has 0 bridgehead atoms. The summed E-state index contributed by atoms with van der Waals surface area (Å²) in [6.07, 6.45) is 1.51. The molecule has 3 aromatic carbocycles. The number of benzene rings is 3. The lowest BCUT2D eigenvalue weighted by atomic mass is 10.2. The molecule has 4 aromatic rings. The number of carbonyl (C=O) groups is 2. The summed E-state index contributed by atoms with van der Waals surface area (Å²) < 4.78 is 11.8. The van der Waals surface area contributed by atoms with Crippen molar-refractivity contribution >= 4 is 23.6 Å². The fourth-order valence-electron chi connectivity index (χ4n) is 3.18. The van der Waals surface area contributed by atoms with Gasteiger partial charge >= 0.3 is 0 Å². The average Bonchev–Trinajstić information content (AvgIpc) is 2.81. The van der Waals surface area contributed by atoms with Gasteiger partial charge in [0.25, 0.3) is 0 Å². The number of aryl methyl sites for hydroxylation is 1. The highest BCUT2D eigenvalue weighted by Gasteiger charge is 2.13.